The van der Waals surface area contributed by atoms with Gasteiger partial charge in [0.15, 0.2) is 0 Å². The second-order valence-electron chi connectivity index (χ2n) is 4.04. The monoisotopic (exact) mass is 322 g/mol. The summed E-state index contributed by atoms with van der Waals surface area (Å²) in [6.07, 6.45) is 6.53. The van der Waals surface area contributed by atoms with E-state index < -0.39 is 4.87 Å². The van der Waals surface area contributed by atoms with Gasteiger partial charge in [-0.2, -0.15) is 9.36 Å². The molecule has 1 aromatic rings. The molecule has 0 N–H and O–H groups in total. The normalized spacial score (nSPS) is 23.6. The maximum Gasteiger partial charge on any atom is 0.294 e. The van der Waals surface area contributed by atoms with Crippen LogP contribution in [0, 0.1) is 0 Å². The largest absolute Gasteiger partial charge is 0.464 e. The lowest BCUT2D eigenvalue weighted by atomic mass is 9.98. The Morgan fingerprint density at radius 2 is 2.39 bits per heavy atom. The Labute approximate surface area is 124 Å². The van der Waals surface area contributed by atoms with Crippen molar-refractivity contribution >= 4 is 46.5 Å². The number of halogens is 2. The van der Waals surface area contributed by atoms with Crippen LogP contribution in [0.25, 0.3) is 0 Å². The summed E-state index contributed by atoms with van der Waals surface area (Å²) in [7, 11) is 0. The fourth-order valence-corrected chi connectivity index (χ4v) is 3.13. The molecule has 1 aliphatic rings. The molecule has 0 saturated carbocycles. The van der Waals surface area contributed by atoms with Crippen molar-refractivity contribution in [3.63, 3.8) is 0 Å². The lowest BCUT2D eigenvalue weighted by Gasteiger charge is -2.22. The Balaban J connectivity index is 1.95. The first-order valence-corrected chi connectivity index (χ1v) is 8.03. The number of allylic oxidation sites excluding steroid dienone is 2. The standard InChI is InChI=1S/C11H12Cl2N2OS2/c1-11(13)4-3-7(8(12)5-11)6-16-10-14-9(17-2)15-18-10/h3,5H,4,6H2,1-2H3. The van der Waals surface area contributed by atoms with Gasteiger partial charge >= 0.3 is 0 Å². The summed E-state index contributed by atoms with van der Waals surface area (Å²) in [5.41, 5.74) is 0.940. The second-order valence-corrected chi connectivity index (χ2v) is 6.80. The zero-order chi connectivity index (χ0) is 13.2. The highest BCUT2D eigenvalue weighted by molar-refractivity contribution is 7.98. The third-order valence-corrected chi connectivity index (χ3v) is 4.31. The van der Waals surface area contributed by atoms with Crippen LogP contribution < -0.4 is 4.74 Å². The van der Waals surface area contributed by atoms with E-state index in [2.05, 4.69) is 9.36 Å². The minimum absolute atomic E-state index is 0.394. The first kappa shape index (κ1) is 14.2. The molecule has 0 saturated heterocycles. The van der Waals surface area contributed by atoms with Crippen molar-refractivity contribution in [1.82, 2.24) is 9.36 Å². The van der Waals surface area contributed by atoms with Gasteiger partial charge in [0.2, 0.25) is 5.16 Å². The smallest absolute Gasteiger partial charge is 0.294 e. The molecule has 98 valence electrons. The fraction of sp³-hybridized carbons (Fsp3) is 0.455. The molecule has 18 heavy (non-hydrogen) atoms. The van der Waals surface area contributed by atoms with E-state index in [1.165, 1.54) is 23.3 Å². The fourth-order valence-electron chi connectivity index (χ4n) is 1.44. The summed E-state index contributed by atoms with van der Waals surface area (Å²) in [4.78, 5) is 3.81. The van der Waals surface area contributed by atoms with Crippen LogP contribution in [-0.2, 0) is 0 Å². The maximum absolute atomic E-state index is 6.20. The Kier molecular flexibility index (Phi) is 4.59. The topological polar surface area (TPSA) is 35.0 Å². The van der Waals surface area contributed by atoms with Crippen LogP contribution in [0.1, 0.15) is 13.3 Å². The van der Waals surface area contributed by atoms with E-state index >= 15 is 0 Å². The molecular weight excluding hydrogens is 311 g/mol. The van der Waals surface area contributed by atoms with Gasteiger partial charge in [0, 0.05) is 22.1 Å². The molecule has 0 aromatic carbocycles. The molecule has 0 radical (unpaired) electrons. The van der Waals surface area contributed by atoms with Gasteiger partial charge in [-0.25, -0.2) is 0 Å². The highest BCUT2D eigenvalue weighted by Crippen LogP contribution is 2.33. The first-order chi connectivity index (χ1) is 8.50. The lowest BCUT2D eigenvalue weighted by molar-refractivity contribution is 0.349. The predicted octanol–water partition coefficient (Wildman–Crippen LogP) is 4.09. The molecule has 1 unspecified atom stereocenters. The van der Waals surface area contributed by atoms with Crippen LogP contribution in [0.2, 0.25) is 0 Å². The number of hydrogen-bond donors (Lipinski definition) is 0. The van der Waals surface area contributed by atoms with Gasteiger partial charge < -0.3 is 4.74 Å². The number of alkyl halides is 1. The molecular formula is C11H12Cl2N2OS2. The van der Waals surface area contributed by atoms with Crippen LogP contribution in [0.15, 0.2) is 27.9 Å². The van der Waals surface area contributed by atoms with E-state index in [9.17, 15) is 0 Å². The Morgan fingerprint density at radius 3 is 3.00 bits per heavy atom. The van der Waals surface area contributed by atoms with E-state index in [1.807, 2.05) is 25.3 Å². The average Bonchev–Trinajstić information content (AvgIpc) is 2.75. The summed E-state index contributed by atoms with van der Waals surface area (Å²) >= 11 is 15.1. The van der Waals surface area contributed by atoms with Crippen molar-refractivity contribution in [2.24, 2.45) is 0 Å². The molecule has 1 aromatic heterocycles. The molecule has 1 aliphatic carbocycles. The minimum atomic E-state index is -0.394. The number of aromatic nitrogens is 2. The van der Waals surface area contributed by atoms with Crippen molar-refractivity contribution < 1.29 is 4.74 Å². The third kappa shape index (κ3) is 3.63. The van der Waals surface area contributed by atoms with Crippen LogP contribution in [-0.4, -0.2) is 27.1 Å². The van der Waals surface area contributed by atoms with Gasteiger partial charge in [0.1, 0.15) is 6.61 Å². The van der Waals surface area contributed by atoms with E-state index in [0.29, 0.717) is 16.8 Å². The molecule has 1 heterocycles. The van der Waals surface area contributed by atoms with Gasteiger partial charge in [-0.3, -0.25) is 0 Å². The molecule has 0 fully saturated rings. The highest BCUT2D eigenvalue weighted by Gasteiger charge is 2.23. The van der Waals surface area contributed by atoms with Crippen molar-refractivity contribution in [2.45, 2.75) is 23.4 Å². The van der Waals surface area contributed by atoms with E-state index in [1.54, 1.807) is 0 Å². The molecule has 1 atom stereocenters. The SMILES string of the molecule is CSc1nsc(OCC2=CCC(C)(Cl)C=C2Cl)n1. The number of thioether (sulfide) groups is 1. The summed E-state index contributed by atoms with van der Waals surface area (Å²) in [6.45, 7) is 2.33. The molecule has 0 bridgehead atoms. The average molecular weight is 323 g/mol. The molecule has 7 heteroatoms. The Bertz CT molecular complexity index is 497. The number of ether oxygens (including phenoxy) is 1. The van der Waals surface area contributed by atoms with Crippen LogP contribution in [0.5, 0.6) is 5.19 Å². The van der Waals surface area contributed by atoms with Gasteiger partial charge in [-0.1, -0.05) is 29.4 Å². The van der Waals surface area contributed by atoms with Crippen molar-refractivity contribution in [3.05, 3.63) is 22.8 Å². The van der Waals surface area contributed by atoms with Gasteiger partial charge in [-0.05, 0) is 25.7 Å². The summed E-state index contributed by atoms with van der Waals surface area (Å²) < 4.78 is 9.68. The zero-order valence-electron chi connectivity index (χ0n) is 9.94. The third-order valence-electron chi connectivity index (χ3n) is 2.40. The van der Waals surface area contributed by atoms with E-state index in [-0.39, 0.29) is 0 Å². The molecule has 0 aliphatic heterocycles. The zero-order valence-corrected chi connectivity index (χ0v) is 13.1. The first-order valence-electron chi connectivity index (χ1n) is 5.27. The van der Waals surface area contributed by atoms with E-state index in [4.69, 9.17) is 27.9 Å². The van der Waals surface area contributed by atoms with Gasteiger partial charge in [0.05, 0.1) is 4.87 Å². The van der Waals surface area contributed by atoms with Crippen molar-refractivity contribution in [1.29, 1.82) is 0 Å². The molecule has 0 spiro atoms. The van der Waals surface area contributed by atoms with Crippen LogP contribution >= 0.6 is 46.5 Å². The quantitative estimate of drug-likeness (QED) is 0.617. The summed E-state index contributed by atoms with van der Waals surface area (Å²) in [5.74, 6) is 0. The van der Waals surface area contributed by atoms with E-state index in [0.717, 1.165) is 17.2 Å². The molecule has 3 nitrogen and oxygen atoms in total. The minimum Gasteiger partial charge on any atom is -0.464 e. The van der Waals surface area contributed by atoms with Crippen molar-refractivity contribution in [2.75, 3.05) is 12.9 Å². The number of rotatable bonds is 4. The van der Waals surface area contributed by atoms with Gasteiger partial charge in [0.25, 0.3) is 5.19 Å². The summed E-state index contributed by atoms with van der Waals surface area (Å²) in [5, 5.41) is 1.93. The Hall–Kier alpha value is -0.230. The maximum atomic E-state index is 6.20. The summed E-state index contributed by atoms with van der Waals surface area (Å²) in [6, 6.07) is 0. The molecule has 0 amide bonds. The molecule has 2 rings (SSSR count). The Morgan fingerprint density at radius 1 is 1.61 bits per heavy atom. The van der Waals surface area contributed by atoms with Crippen molar-refractivity contribution in [3.8, 4) is 5.19 Å². The second kappa shape index (κ2) is 5.82. The van der Waals surface area contributed by atoms with Crippen LogP contribution in [0.4, 0.5) is 0 Å². The number of hydrogen-bond acceptors (Lipinski definition) is 5. The lowest BCUT2D eigenvalue weighted by Crippen LogP contribution is -2.17. The van der Waals surface area contributed by atoms with Crippen LogP contribution in [0.3, 0.4) is 0 Å². The highest BCUT2D eigenvalue weighted by atomic mass is 35.5. The predicted molar refractivity (Wildman–Crippen MR) is 78.1 cm³/mol. The van der Waals surface area contributed by atoms with Gasteiger partial charge in [-0.15, -0.1) is 11.6 Å². The number of nitrogens with zero attached hydrogens (tertiary/aromatic N) is 2.